The van der Waals surface area contributed by atoms with Gasteiger partial charge >= 0.3 is 0 Å². The maximum Gasteiger partial charge on any atom is 0.234 e. The molecule has 1 aliphatic heterocycles. The van der Waals surface area contributed by atoms with E-state index in [9.17, 15) is 4.79 Å². The summed E-state index contributed by atoms with van der Waals surface area (Å²) in [5, 5.41) is 0. The molecule has 2 heterocycles. The van der Waals surface area contributed by atoms with Crippen molar-refractivity contribution in [2.75, 3.05) is 6.54 Å². The molecule has 6 heteroatoms. The van der Waals surface area contributed by atoms with Crippen molar-refractivity contribution in [2.45, 2.75) is 19.0 Å². The van der Waals surface area contributed by atoms with E-state index in [0.717, 1.165) is 24.4 Å². The van der Waals surface area contributed by atoms with E-state index in [0.29, 0.717) is 4.47 Å². The van der Waals surface area contributed by atoms with Gasteiger partial charge in [0.1, 0.15) is 0 Å². The molecule has 0 aromatic carbocycles. The minimum atomic E-state index is -0.244. The van der Waals surface area contributed by atoms with Crippen molar-refractivity contribution < 1.29 is 4.79 Å². The Morgan fingerprint density at radius 2 is 2.64 bits per heavy atom. The van der Waals surface area contributed by atoms with E-state index in [1.54, 1.807) is 6.20 Å². The molecule has 1 atom stereocenters. The summed E-state index contributed by atoms with van der Waals surface area (Å²) in [6.45, 7) is 1.64. The first kappa shape index (κ1) is 9.89. The molecule has 0 radical (unpaired) electrons. The lowest BCUT2D eigenvalue weighted by atomic mass is 10.0. The van der Waals surface area contributed by atoms with Gasteiger partial charge in [-0.2, -0.15) is 0 Å². The summed E-state index contributed by atoms with van der Waals surface area (Å²) < 4.78 is 0.538. The van der Waals surface area contributed by atoms with Crippen LogP contribution in [0.5, 0.6) is 0 Å². The summed E-state index contributed by atoms with van der Waals surface area (Å²) in [4.78, 5) is 18.0. The lowest BCUT2D eigenvalue weighted by Crippen LogP contribution is -2.54. The summed E-state index contributed by atoms with van der Waals surface area (Å²) in [6.07, 6.45) is 2.60. The molecule has 0 aliphatic carbocycles. The van der Waals surface area contributed by atoms with Crippen LogP contribution in [0.3, 0.4) is 0 Å². The first-order valence-corrected chi connectivity index (χ1v) is 5.50. The Bertz CT molecular complexity index is 354. The van der Waals surface area contributed by atoms with E-state index in [1.807, 2.05) is 4.90 Å². The minimum Gasteiger partial charge on any atom is -0.368 e. The molecule has 1 aliphatic rings. The number of carbonyl (C=O) groups is 1. The lowest BCUT2D eigenvalue weighted by Gasteiger charge is -2.38. The molecule has 0 saturated carbocycles. The van der Waals surface area contributed by atoms with Crippen molar-refractivity contribution in [1.29, 1.82) is 0 Å². The standard InChI is InChI=1S/C8H10ClN3OS/c9-8-11-3-5(14-8)4-12-2-1-6(12)7(10)13/h3,6H,1-2,4H2,(H2,10,13). The highest BCUT2D eigenvalue weighted by Gasteiger charge is 2.32. The summed E-state index contributed by atoms with van der Waals surface area (Å²) in [5.41, 5.74) is 5.23. The van der Waals surface area contributed by atoms with Crippen molar-refractivity contribution in [1.82, 2.24) is 9.88 Å². The molecule has 2 N–H and O–H groups in total. The molecule has 1 aromatic rings. The largest absolute Gasteiger partial charge is 0.368 e. The number of hydrogen-bond acceptors (Lipinski definition) is 4. The number of thiazole rings is 1. The first-order valence-electron chi connectivity index (χ1n) is 4.30. The van der Waals surface area contributed by atoms with Gasteiger partial charge in [0.05, 0.1) is 6.04 Å². The SMILES string of the molecule is NC(=O)C1CCN1Cc1cnc(Cl)s1. The summed E-state index contributed by atoms with van der Waals surface area (Å²) in [5.74, 6) is -0.244. The molecule has 1 amide bonds. The predicted octanol–water partition coefficient (Wildman–Crippen LogP) is 0.856. The quantitative estimate of drug-likeness (QED) is 0.839. The molecule has 1 fully saturated rings. The number of hydrogen-bond donors (Lipinski definition) is 1. The fraction of sp³-hybridized carbons (Fsp3) is 0.500. The van der Waals surface area contributed by atoms with Gasteiger partial charge in [-0.25, -0.2) is 4.98 Å². The average molecular weight is 232 g/mol. The van der Waals surface area contributed by atoms with E-state index >= 15 is 0 Å². The van der Waals surface area contributed by atoms with Crippen LogP contribution < -0.4 is 5.73 Å². The van der Waals surface area contributed by atoms with E-state index in [2.05, 4.69) is 4.98 Å². The van der Waals surface area contributed by atoms with Gasteiger partial charge in [0, 0.05) is 24.2 Å². The zero-order chi connectivity index (χ0) is 10.1. The second-order valence-corrected chi connectivity index (χ2v) is 4.95. The average Bonchev–Trinajstić information content (AvgIpc) is 2.44. The van der Waals surface area contributed by atoms with Crippen molar-refractivity contribution in [2.24, 2.45) is 5.73 Å². The molecule has 0 spiro atoms. The van der Waals surface area contributed by atoms with Crippen LogP contribution in [0.2, 0.25) is 4.47 Å². The Morgan fingerprint density at radius 3 is 3.07 bits per heavy atom. The zero-order valence-corrected chi connectivity index (χ0v) is 9.01. The highest BCUT2D eigenvalue weighted by atomic mass is 35.5. The molecular weight excluding hydrogens is 222 g/mol. The third-order valence-electron chi connectivity index (χ3n) is 2.34. The number of primary amides is 1. The van der Waals surface area contributed by atoms with Crippen LogP contribution in [-0.2, 0) is 11.3 Å². The highest BCUT2D eigenvalue weighted by Crippen LogP contribution is 2.24. The number of nitrogens with zero attached hydrogens (tertiary/aromatic N) is 2. The van der Waals surface area contributed by atoms with Crippen molar-refractivity contribution >= 4 is 28.8 Å². The summed E-state index contributed by atoms with van der Waals surface area (Å²) in [7, 11) is 0. The normalized spacial score (nSPS) is 21.9. The van der Waals surface area contributed by atoms with Gasteiger partial charge in [0.2, 0.25) is 5.91 Å². The number of halogens is 1. The minimum absolute atomic E-state index is 0.101. The van der Waals surface area contributed by atoms with Crippen LogP contribution in [0.1, 0.15) is 11.3 Å². The third-order valence-corrected chi connectivity index (χ3v) is 3.44. The number of amides is 1. The molecule has 76 valence electrons. The molecule has 1 unspecified atom stereocenters. The summed E-state index contributed by atoms with van der Waals surface area (Å²) >= 11 is 7.14. The van der Waals surface area contributed by atoms with Crippen molar-refractivity contribution in [3.05, 3.63) is 15.5 Å². The second-order valence-electron chi connectivity index (χ2n) is 3.26. The van der Waals surface area contributed by atoms with Gasteiger partial charge in [-0.3, -0.25) is 9.69 Å². The van der Waals surface area contributed by atoms with E-state index in [4.69, 9.17) is 17.3 Å². The van der Waals surface area contributed by atoms with Gasteiger partial charge in [-0.15, -0.1) is 11.3 Å². The van der Waals surface area contributed by atoms with Crippen molar-refractivity contribution in [3.8, 4) is 0 Å². The molecule has 1 aromatic heterocycles. The van der Waals surface area contributed by atoms with Crippen LogP contribution in [0.25, 0.3) is 0 Å². The predicted molar refractivity (Wildman–Crippen MR) is 55.1 cm³/mol. The zero-order valence-electron chi connectivity index (χ0n) is 7.44. The van der Waals surface area contributed by atoms with Gasteiger partial charge in [0.25, 0.3) is 0 Å². The maximum absolute atomic E-state index is 10.9. The number of nitrogens with two attached hydrogens (primary N) is 1. The Morgan fingerprint density at radius 1 is 1.86 bits per heavy atom. The third kappa shape index (κ3) is 1.89. The fourth-order valence-corrected chi connectivity index (χ4v) is 2.51. The molecule has 2 rings (SSSR count). The Balaban J connectivity index is 1.95. The Kier molecular flexibility index (Phi) is 2.71. The molecule has 4 nitrogen and oxygen atoms in total. The van der Waals surface area contributed by atoms with E-state index in [1.165, 1.54) is 11.3 Å². The topological polar surface area (TPSA) is 59.2 Å². The maximum atomic E-state index is 10.9. The number of rotatable bonds is 3. The Hall–Kier alpha value is -0.650. The fourth-order valence-electron chi connectivity index (χ4n) is 1.51. The number of carbonyl (C=O) groups excluding carboxylic acids is 1. The van der Waals surface area contributed by atoms with Crippen LogP contribution in [-0.4, -0.2) is 28.4 Å². The van der Waals surface area contributed by atoms with Crippen LogP contribution in [0, 0.1) is 0 Å². The molecule has 0 bridgehead atoms. The van der Waals surface area contributed by atoms with E-state index in [-0.39, 0.29) is 11.9 Å². The first-order chi connectivity index (χ1) is 6.66. The van der Waals surface area contributed by atoms with Crippen LogP contribution >= 0.6 is 22.9 Å². The van der Waals surface area contributed by atoms with Crippen LogP contribution in [0.15, 0.2) is 6.20 Å². The lowest BCUT2D eigenvalue weighted by molar-refractivity contribution is -0.127. The molecule has 14 heavy (non-hydrogen) atoms. The van der Waals surface area contributed by atoms with Crippen molar-refractivity contribution in [3.63, 3.8) is 0 Å². The molecule has 1 saturated heterocycles. The van der Waals surface area contributed by atoms with Gasteiger partial charge in [-0.05, 0) is 6.42 Å². The monoisotopic (exact) mass is 231 g/mol. The highest BCUT2D eigenvalue weighted by molar-refractivity contribution is 7.15. The van der Waals surface area contributed by atoms with Gasteiger partial charge < -0.3 is 5.73 Å². The summed E-state index contributed by atoms with van der Waals surface area (Å²) in [6, 6.07) is -0.101. The molecular formula is C8H10ClN3OS. The van der Waals surface area contributed by atoms with E-state index < -0.39 is 0 Å². The second kappa shape index (κ2) is 3.84. The smallest absolute Gasteiger partial charge is 0.234 e. The number of aromatic nitrogens is 1. The van der Waals surface area contributed by atoms with Gasteiger partial charge in [-0.1, -0.05) is 11.6 Å². The number of likely N-dealkylation sites (tertiary alicyclic amines) is 1. The Labute approximate surface area is 90.7 Å². The van der Waals surface area contributed by atoms with Crippen LogP contribution in [0.4, 0.5) is 0 Å². The van der Waals surface area contributed by atoms with Gasteiger partial charge in [0.15, 0.2) is 4.47 Å².